The Bertz CT molecular complexity index is 696. The summed E-state index contributed by atoms with van der Waals surface area (Å²) in [7, 11) is 1.49. The number of pyridine rings is 1. The fraction of sp³-hybridized carbons (Fsp3) is 0.0833. The molecule has 98 valence electrons. The standard InChI is InChI=1S/C12H9ClN2O4/c1-19-7-2-3-8(10(13)6-7)9-4-5-14-12(16)11(9)15(17)18/h2-6H,1H3,(H,14,16). The van der Waals surface area contributed by atoms with Crippen LogP contribution in [0.3, 0.4) is 0 Å². The molecule has 19 heavy (non-hydrogen) atoms. The first-order valence-electron chi connectivity index (χ1n) is 5.24. The number of halogens is 1. The molecule has 0 aliphatic heterocycles. The number of nitrogens with zero attached hydrogens (tertiary/aromatic N) is 1. The van der Waals surface area contributed by atoms with E-state index >= 15 is 0 Å². The van der Waals surface area contributed by atoms with Gasteiger partial charge in [-0.15, -0.1) is 0 Å². The van der Waals surface area contributed by atoms with Gasteiger partial charge in [-0.3, -0.25) is 14.9 Å². The molecule has 0 unspecified atom stereocenters. The zero-order valence-electron chi connectivity index (χ0n) is 9.84. The molecule has 7 heteroatoms. The first-order valence-corrected chi connectivity index (χ1v) is 5.62. The Morgan fingerprint density at radius 1 is 1.32 bits per heavy atom. The van der Waals surface area contributed by atoms with Crippen LogP contribution < -0.4 is 10.3 Å². The summed E-state index contributed by atoms with van der Waals surface area (Å²) in [5.41, 5.74) is -0.731. The van der Waals surface area contributed by atoms with E-state index in [2.05, 4.69) is 4.98 Å². The van der Waals surface area contributed by atoms with Gasteiger partial charge in [0.2, 0.25) is 0 Å². The van der Waals surface area contributed by atoms with E-state index in [1.165, 1.54) is 25.4 Å². The van der Waals surface area contributed by atoms with E-state index in [1.807, 2.05) is 0 Å². The molecule has 0 spiro atoms. The molecule has 1 aromatic heterocycles. The van der Waals surface area contributed by atoms with E-state index in [0.29, 0.717) is 11.3 Å². The number of ether oxygens (including phenoxy) is 1. The van der Waals surface area contributed by atoms with Crippen LogP contribution in [0.4, 0.5) is 5.69 Å². The number of aromatic amines is 1. The molecule has 2 aromatic rings. The van der Waals surface area contributed by atoms with Crippen molar-refractivity contribution in [1.29, 1.82) is 0 Å². The van der Waals surface area contributed by atoms with Gasteiger partial charge in [-0.1, -0.05) is 11.6 Å². The van der Waals surface area contributed by atoms with Crippen molar-refractivity contribution in [2.24, 2.45) is 0 Å². The lowest BCUT2D eigenvalue weighted by Gasteiger charge is -2.06. The molecular weight excluding hydrogens is 272 g/mol. The third kappa shape index (κ3) is 2.43. The highest BCUT2D eigenvalue weighted by molar-refractivity contribution is 6.33. The number of rotatable bonds is 3. The van der Waals surface area contributed by atoms with E-state index in [0.717, 1.165) is 0 Å². The minimum absolute atomic E-state index is 0.168. The second-order valence-electron chi connectivity index (χ2n) is 3.67. The predicted octanol–water partition coefficient (Wildman–Crippen LogP) is 2.61. The normalized spacial score (nSPS) is 10.2. The highest BCUT2D eigenvalue weighted by Crippen LogP contribution is 2.34. The largest absolute Gasteiger partial charge is 0.497 e. The van der Waals surface area contributed by atoms with Crippen molar-refractivity contribution in [2.75, 3.05) is 7.11 Å². The van der Waals surface area contributed by atoms with Crippen LogP contribution in [-0.2, 0) is 0 Å². The summed E-state index contributed by atoms with van der Waals surface area (Å²) in [6.07, 6.45) is 1.34. The maximum Gasteiger partial charge on any atom is 0.341 e. The summed E-state index contributed by atoms with van der Waals surface area (Å²) in [5, 5.41) is 11.2. The summed E-state index contributed by atoms with van der Waals surface area (Å²) in [4.78, 5) is 24.0. The Balaban J connectivity index is 2.69. The summed E-state index contributed by atoms with van der Waals surface area (Å²) in [5.74, 6) is 0.529. The average molecular weight is 281 g/mol. The number of nitrogens with one attached hydrogen (secondary N) is 1. The van der Waals surface area contributed by atoms with Gasteiger partial charge in [0.25, 0.3) is 0 Å². The maximum absolute atomic E-state index is 11.5. The maximum atomic E-state index is 11.5. The molecule has 0 radical (unpaired) electrons. The summed E-state index contributed by atoms with van der Waals surface area (Å²) in [6.45, 7) is 0. The van der Waals surface area contributed by atoms with Gasteiger partial charge in [0.15, 0.2) is 0 Å². The van der Waals surface area contributed by atoms with E-state index in [4.69, 9.17) is 16.3 Å². The Kier molecular flexibility index (Phi) is 3.52. The lowest BCUT2D eigenvalue weighted by Crippen LogP contribution is -2.12. The van der Waals surface area contributed by atoms with Crippen molar-refractivity contribution < 1.29 is 9.66 Å². The first kappa shape index (κ1) is 13.1. The van der Waals surface area contributed by atoms with E-state index in [1.54, 1.807) is 12.1 Å². The molecule has 0 fully saturated rings. The number of hydrogen-bond acceptors (Lipinski definition) is 4. The molecule has 0 atom stereocenters. The van der Waals surface area contributed by atoms with Gasteiger partial charge in [0.05, 0.1) is 22.6 Å². The second-order valence-corrected chi connectivity index (χ2v) is 4.08. The smallest absolute Gasteiger partial charge is 0.341 e. The summed E-state index contributed by atoms with van der Waals surface area (Å²) >= 11 is 6.06. The molecule has 0 saturated carbocycles. The molecular formula is C12H9ClN2O4. The van der Waals surface area contributed by atoms with Crippen molar-refractivity contribution in [3.05, 3.63) is 56.0 Å². The van der Waals surface area contributed by atoms with Crippen LogP contribution in [0.15, 0.2) is 35.3 Å². The molecule has 0 bridgehead atoms. The zero-order chi connectivity index (χ0) is 14.0. The average Bonchev–Trinajstić information content (AvgIpc) is 2.37. The number of H-pyrrole nitrogens is 1. The van der Waals surface area contributed by atoms with Gasteiger partial charge >= 0.3 is 11.2 Å². The van der Waals surface area contributed by atoms with E-state index in [-0.39, 0.29) is 10.6 Å². The monoisotopic (exact) mass is 280 g/mol. The Labute approximate surface area is 112 Å². The van der Waals surface area contributed by atoms with Crippen LogP contribution in [0.1, 0.15) is 0 Å². The van der Waals surface area contributed by atoms with Crippen molar-refractivity contribution in [3.8, 4) is 16.9 Å². The molecule has 1 aromatic carbocycles. The van der Waals surface area contributed by atoms with E-state index < -0.39 is 16.2 Å². The van der Waals surface area contributed by atoms with Gasteiger partial charge in [0.1, 0.15) is 5.75 Å². The first-order chi connectivity index (χ1) is 9.04. The fourth-order valence-electron chi connectivity index (χ4n) is 1.71. The van der Waals surface area contributed by atoms with Gasteiger partial charge in [-0.05, 0) is 24.3 Å². The minimum atomic E-state index is -0.769. The lowest BCUT2D eigenvalue weighted by atomic mass is 10.1. The topological polar surface area (TPSA) is 85.2 Å². The molecule has 0 amide bonds. The summed E-state index contributed by atoms with van der Waals surface area (Å²) < 4.78 is 5.00. The minimum Gasteiger partial charge on any atom is -0.497 e. The number of benzene rings is 1. The van der Waals surface area contributed by atoms with Crippen LogP contribution in [0, 0.1) is 10.1 Å². The SMILES string of the molecule is COc1ccc(-c2cc[nH]c(=O)c2[N+](=O)[O-])c(Cl)c1. The Morgan fingerprint density at radius 3 is 2.63 bits per heavy atom. The van der Waals surface area contributed by atoms with Gasteiger partial charge < -0.3 is 9.72 Å². The number of aromatic nitrogens is 1. The van der Waals surface area contributed by atoms with Gasteiger partial charge in [-0.25, -0.2) is 0 Å². The number of methoxy groups -OCH3 is 1. The Morgan fingerprint density at radius 2 is 2.05 bits per heavy atom. The van der Waals surface area contributed by atoms with Gasteiger partial charge in [-0.2, -0.15) is 0 Å². The van der Waals surface area contributed by atoms with Crippen LogP contribution >= 0.6 is 11.6 Å². The molecule has 0 aliphatic carbocycles. The molecule has 0 saturated heterocycles. The van der Waals surface area contributed by atoms with Crippen molar-refractivity contribution >= 4 is 17.3 Å². The molecule has 2 rings (SSSR count). The molecule has 0 aliphatic rings. The van der Waals surface area contributed by atoms with Crippen molar-refractivity contribution in [3.63, 3.8) is 0 Å². The number of nitro groups is 1. The lowest BCUT2D eigenvalue weighted by molar-refractivity contribution is -0.385. The quantitative estimate of drug-likeness (QED) is 0.692. The predicted molar refractivity (Wildman–Crippen MR) is 70.7 cm³/mol. The van der Waals surface area contributed by atoms with Crippen LogP contribution in [0.2, 0.25) is 5.02 Å². The van der Waals surface area contributed by atoms with Crippen molar-refractivity contribution in [2.45, 2.75) is 0 Å². The number of hydrogen-bond donors (Lipinski definition) is 1. The molecule has 1 N–H and O–H groups in total. The zero-order valence-corrected chi connectivity index (χ0v) is 10.6. The highest BCUT2D eigenvalue weighted by atomic mass is 35.5. The molecule has 1 heterocycles. The fourth-order valence-corrected chi connectivity index (χ4v) is 1.98. The van der Waals surface area contributed by atoms with Crippen molar-refractivity contribution in [1.82, 2.24) is 4.98 Å². The third-order valence-electron chi connectivity index (χ3n) is 2.58. The van der Waals surface area contributed by atoms with Crippen LogP contribution in [0.25, 0.3) is 11.1 Å². The third-order valence-corrected chi connectivity index (χ3v) is 2.90. The summed E-state index contributed by atoms with van der Waals surface area (Å²) in [6, 6.07) is 6.16. The molecule has 6 nitrogen and oxygen atoms in total. The van der Waals surface area contributed by atoms with Crippen LogP contribution in [-0.4, -0.2) is 17.0 Å². The highest BCUT2D eigenvalue weighted by Gasteiger charge is 2.21. The second kappa shape index (κ2) is 5.11. The van der Waals surface area contributed by atoms with Gasteiger partial charge in [0, 0.05) is 11.8 Å². The Hall–Kier alpha value is -2.34. The van der Waals surface area contributed by atoms with E-state index in [9.17, 15) is 14.9 Å². The van der Waals surface area contributed by atoms with Crippen LogP contribution in [0.5, 0.6) is 5.75 Å².